The van der Waals surface area contributed by atoms with E-state index in [1.807, 2.05) is 31.5 Å². The van der Waals surface area contributed by atoms with Gasteiger partial charge in [0.2, 0.25) is 0 Å². The van der Waals surface area contributed by atoms with Crippen LogP contribution in [-0.4, -0.2) is 21.1 Å². The molecule has 1 aromatic carbocycles. The fourth-order valence-corrected chi connectivity index (χ4v) is 4.71. The van der Waals surface area contributed by atoms with Crippen molar-refractivity contribution in [2.24, 2.45) is 5.92 Å². The van der Waals surface area contributed by atoms with E-state index < -0.39 is 0 Å². The summed E-state index contributed by atoms with van der Waals surface area (Å²) in [6.07, 6.45) is 8.27. The summed E-state index contributed by atoms with van der Waals surface area (Å²) in [6, 6.07) is 12.6. The molecule has 6 heteroatoms. The predicted octanol–water partition coefficient (Wildman–Crippen LogP) is 6.10. The van der Waals surface area contributed by atoms with Gasteiger partial charge in [-0.2, -0.15) is 0 Å². The van der Waals surface area contributed by atoms with E-state index in [2.05, 4.69) is 39.3 Å². The minimum absolute atomic E-state index is 0.475. The van der Waals surface area contributed by atoms with Crippen LogP contribution >= 0.6 is 23.2 Å². The van der Waals surface area contributed by atoms with E-state index in [9.17, 15) is 0 Å². The summed E-state index contributed by atoms with van der Waals surface area (Å²) in [5.41, 5.74) is 3.38. The highest BCUT2D eigenvalue weighted by Gasteiger charge is 2.33. The van der Waals surface area contributed by atoms with Crippen LogP contribution in [0.25, 0.3) is 0 Å². The number of aryl methyl sites for hydroxylation is 1. The molecule has 4 rings (SSSR count). The molecule has 0 saturated heterocycles. The molecular formula is C23H25Cl2N3O. The van der Waals surface area contributed by atoms with Crippen molar-refractivity contribution in [1.82, 2.24) is 15.0 Å². The minimum atomic E-state index is 0.475. The van der Waals surface area contributed by atoms with Gasteiger partial charge in [0.25, 0.3) is 0 Å². The maximum Gasteiger partial charge on any atom is 0.137 e. The highest BCUT2D eigenvalue weighted by atomic mass is 35.5. The van der Waals surface area contributed by atoms with Crippen LogP contribution in [0.2, 0.25) is 10.0 Å². The maximum absolute atomic E-state index is 6.28. The van der Waals surface area contributed by atoms with E-state index in [0.717, 1.165) is 31.0 Å². The zero-order valence-corrected chi connectivity index (χ0v) is 18.0. The van der Waals surface area contributed by atoms with Gasteiger partial charge in [0.05, 0.1) is 15.7 Å². The standard InChI is InChI=1S/C23H25Cl2N3O/c1-16-11-20(29-27-16)13-19-3-2-4-23(19)28(14-17-7-9-26-10-8-17)15-18-5-6-21(24)22(25)12-18/h5-12,19,23H,2-4,13-15H2,1H3/t19-,23+/m0/s1. The van der Waals surface area contributed by atoms with Crippen LogP contribution in [0.1, 0.15) is 41.8 Å². The van der Waals surface area contributed by atoms with Crippen molar-refractivity contribution in [2.45, 2.75) is 51.7 Å². The third-order valence-electron chi connectivity index (χ3n) is 5.73. The molecule has 0 N–H and O–H groups in total. The fourth-order valence-electron chi connectivity index (χ4n) is 4.39. The summed E-state index contributed by atoms with van der Waals surface area (Å²) >= 11 is 12.4. The number of hydrogen-bond donors (Lipinski definition) is 0. The first-order chi connectivity index (χ1) is 14.1. The molecule has 0 radical (unpaired) electrons. The van der Waals surface area contributed by atoms with Gasteiger partial charge in [-0.3, -0.25) is 9.88 Å². The first kappa shape index (κ1) is 20.4. The topological polar surface area (TPSA) is 42.2 Å². The van der Waals surface area contributed by atoms with Gasteiger partial charge in [0.15, 0.2) is 0 Å². The molecule has 2 aromatic heterocycles. The van der Waals surface area contributed by atoms with Crippen molar-refractivity contribution in [3.63, 3.8) is 0 Å². The van der Waals surface area contributed by atoms with Crippen LogP contribution in [0.5, 0.6) is 0 Å². The van der Waals surface area contributed by atoms with Crippen LogP contribution in [0, 0.1) is 12.8 Å². The second kappa shape index (κ2) is 9.29. The molecule has 1 aliphatic rings. The van der Waals surface area contributed by atoms with Crippen molar-refractivity contribution >= 4 is 23.2 Å². The van der Waals surface area contributed by atoms with Gasteiger partial charge in [-0.05, 0) is 61.1 Å². The third kappa shape index (κ3) is 5.19. The Morgan fingerprint density at radius 3 is 2.52 bits per heavy atom. The minimum Gasteiger partial charge on any atom is -0.361 e. The van der Waals surface area contributed by atoms with E-state index in [1.54, 1.807) is 0 Å². The SMILES string of the molecule is Cc1cc(C[C@@H]2CCC[C@H]2N(Cc2ccncc2)Cc2ccc(Cl)c(Cl)c2)on1. The molecule has 3 aromatic rings. The Balaban J connectivity index is 1.56. The molecule has 2 atom stereocenters. The van der Waals surface area contributed by atoms with E-state index in [-0.39, 0.29) is 0 Å². The molecule has 29 heavy (non-hydrogen) atoms. The zero-order chi connectivity index (χ0) is 20.2. The Hall–Kier alpha value is -1.88. The number of nitrogens with zero attached hydrogens (tertiary/aromatic N) is 3. The average molecular weight is 430 g/mol. The number of hydrogen-bond acceptors (Lipinski definition) is 4. The fraction of sp³-hybridized carbons (Fsp3) is 0.391. The smallest absolute Gasteiger partial charge is 0.137 e. The van der Waals surface area contributed by atoms with Crippen LogP contribution in [0.4, 0.5) is 0 Å². The molecule has 0 spiro atoms. The molecule has 1 aliphatic carbocycles. The molecule has 0 unspecified atom stereocenters. The molecule has 1 saturated carbocycles. The van der Waals surface area contributed by atoms with Gasteiger partial charge in [-0.15, -0.1) is 0 Å². The van der Waals surface area contributed by atoms with Gasteiger partial charge in [0.1, 0.15) is 5.76 Å². The molecule has 2 heterocycles. The van der Waals surface area contributed by atoms with Crippen LogP contribution in [0.3, 0.4) is 0 Å². The molecular weight excluding hydrogens is 405 g/mol. The monoisotopic (exact) mass is 429 g/mol. The molecule has 0 bridgehead atoms. The molecule has 4 nitrogen and oxygen atoms in total. The number of halogens is 2. The first-order valence-corrected chi connectivity index (χ1v) is 10.8. The Morgan fingerprint density at radius 2 is 1.79 bits per heavy atom. The highest BCUT2D eigenvalue weighted by Crippen LogP contribution is 2.35. The summed E-state index contributed by atoms with van der Waals surface area (Å²) < 4.78 is 5.51. The van der Waals surface area contributed by atoms with E-state index in [1.165, 1.54) is 30.4 Å². The Kier molecular flexibility index (Phi) is 6.53. The zero-order valence-electron chi connectivity index (χ0n) is 16.5. The quantitative estimate of drug-likeness (QED) is 0.454. The van der Waals surface area contributed by atoms with Crippen molar-refractivity contribution in [2.75, 3.05) is 0 Å². The molecule has 1 fully saturated rings. The Labute approximate surface area is 181 Å². The van der Waals surface area contributed by atoms with Crippen LogP contribution in [-0.2, 0) is 19.5 Å². The third-order valence-corrected chi connectivity index (χ3v) is 6.47. The van der Waals surface area contributed by atoms with Crippen molar-refractivity contribution in [3.8, 4) is 0 Å². The summed E-state index contributed by atoms with van der Waals surface area (Å²) in [4.78, 5) is 6.72. The second-order valence-electron chi connectivity index (χ2n) is 7.91. The lowest BCUT2D eigenvalue weighted by Crippen LogP contribution is -2.37. The molecule has 0 aliphatic heterocycles. The van der Waals surface area contributed by atoms with Gasteiger partial charge in [-0.25, -0.2) is 0 Å². The highest BCUT2D eigenvalue weighted by molar-refractivity contribution is 6.42. The van der Waals surface area contributed by atoms with Crippen molar-refractivity contribution < 1.29 is 4.52 Å². The number of aromatic nitrogens is 2. The predicted molar refractivity (Wildman–Crippen MR) is 116 cm³/mol. The number of rotatable bonds is 7. The van der Waals surface area contributed by atoms with Crippen molar-refractivity contribution in [1.29, 1.82) is 0 Å². The van der Waals surface area contributed by atoms with Gasteiger partial charge in [0, 0.05) is 44.0 Å². The lowest BCUT2D eigenvalue weighted by atomic mass is 9.95. The summed E-state index contributed by atoms with van der Waals surface area (Å²) in [5, 5.41) is 5.26. The molecule has 152 valence electrons. The van der Waals surface area contributed by atoms with Crippen molar-refractivity contribution in [3.05, 3.63) is 81.4 Å². The lowest BCUT2D eigenvalue weighted by molar-refractivity contribution is 0.138. The van der Waals surface area contributed by atoms with Crippen LogP contribution in [0.15, 0.2) is 53.3 Å². The van der Waals surface area contributed by atoms with E-state index in [4.69, 9.17) is 27.7 Å². The Bertz CT molecular complexity index is 944. The average Bonchev–Trinajstić information content (AvgIpc) is 3.34. The summed E-state index contributed by atoms with van der Waals surface area (Å²) in [7, 11) is 0. The summed E-state index contributed by atoms with van der Waals surface area (Å²) in [5.74, 6) is 1.53. The van der Waals surface area contributed by atoms with Gasteiger partial charge >= 0.3 is 0 Å². The van der Waals surface area contributed by atoms with Gasteiger partial charge < -0.3 is 4.52 Å². The first-order valence-electron chi connectivity index (χ1n) is 10.1. The Morgan fingerprint density at radius 1 is 1.00 bits per heavy atom. The second-order valence-corrected chi connectivity index (χ2v) is 8.72. The normalized spacial score (nSPS) is 19.2. The van der Waals surface area contributed by atoms with Gasteiger partial charge in [-0.1, -0.05) is 40.8 Å². The number of pyridine rings is 1. The maximum atomic E-state index is 6.28. The van der Waals surface area contributed by atoms with E-state index in [0.29, 0.717) is 22.0 Å². The largest absolute Gasteiger partial charge is 0.361 e. The van der Waals surface area contributed by atoms with E-state index >= 15 is 0 Å². The lowest BCUT2D eigenvalue weighted by Gasteiger charge is -2.33. The van der Waals surface area contributed by atoms with Crippen LogP contribution < -0.4 is 0 Å². The molecule has 0 amide bonds. The summed E-state index contributed by atoms with van der Waals surface area (Å²) in [6.45, 7) is 3.67. The number of benzene rings is 1.